The smallest absolute Gasteiger partial charge is 0.164 e. The van der Waals surface area contributed by atoms with E-state index in [0.29, 0.717) is 11.6 Å². The van der Waals surface area contributed by atoms with E-state index in [1.165, 1.54) is 20.2 Å². The van der Waals surface area contributed by atoms with Crippen molar-refractivity contribution < 1.29 is 4.42 Å². The summed E-state index contributed by atoms with van der Waals surface area (Å²) in [5.74, 6) is 1.27. The number of nitrogens with zero attached hydrogens (tertiary/aromatic N) is 3. The van der Waals surface area contributed by atoms with E-state index >= 15 is 0 Å². The minimum absolute atomic E-state index is 0.630. The number of para-hydroxylation sites is 1. The number of fused-ring (bicyclic) bond motifs is 6. The van der Waals surface area contributed by atoms with Crippen LogP contribution in [0.2, 0.25) is 0 Å². The van der Waals surface area contributed by atoms with Gasteiger partial charge >= 0.3 is 0 Å². The Kier molecular flexibility index (Phi) is 5.64. The molecule has 0 saturated carbocycles. The Labute approximate surface area is 256 Å². The summed E-state index contributed by atoms with van der Waals surface area (Å²) in [5, 5.41) is 4.73. The summed E-state index contributed by atoms with van der Waals surface area (Å²) in [7, 11) is 0. The van der Waals surface area contributed by atoms with Crippen molar-refractivity contribution in [3.63, 3.8) is 0 Å². The Morgan fingerprint density at radius 2 is 1.18 bits per heavy atom. The topological polar surface area (TPSA) is 51.8 Å². The van der Waals surface area contributed by atoms with Gasteiger partial charge < -0.3 is 4.42 Å². The highest BCUT2D eigenvalue weighted by Crippen LogP contribution is 2.45. The molecule has 6 aromatic carbocycles. The number of hydrogen-bond donors (Lipinski definition) is 0. The monoisotopic (exact) mass is 581 g/mol. The van der Waals surface area contributed by atoms with Crippen molar-refractivity contribution in [2.24, 2.45) is 0 Å². The van der Waals surface area contributed by atoms with Crippen LogP contribution in [-0.4, -0.2) is 15.0 Å². The van der Waals surface area contributed by atoms with Crippen molar-refractivity contribution in [2.45, 2.75) is 0 Å². The molecule has 0 radical (unpaired) electrons. The second kappa shape index (κ2) is 9.97. The molecule has 0 saturated heterocycles. The van der Waals surface area contributed by atoms with Crippen molar-refractivity contribution in [3.05, 3.63) is 140 Å². The fourth-order valence-corrected chi connectivity index (χ4v) is 7.44. The Bertz CT molecular complexity index is 2510. The predicted molar refractivity (Wildman–Crippen MR) is 182 cm³/mol. The molecule has 0 atom stereocenters. The van der Waals surface area contributed by atoms with E-state index in [-0.39, 0.29) is 0 Å². The van der Waals surface area contributed by atoms with Gasteiger partial charge in [-0.2, -0.15) is 0 Å². The number of benzene rings is 6. The molecule has 0 bridgehead atoms. The molecule has 9 aromatic rings. The van der Waals surface area contributed by atoms with Gasteiger partial charge in [0.1, 0.15) is 17.5 Å². The standard InChI is InChI=1S/C39H23N3OS/c1-2-10-24(11-3-1)38-40-23-41-39(42-38)37-26(25-20-21-28-27-12-5-7-19-34(27)44-35(28)22-25)14-8-15-30(37)29-16-9-18-33-36(29)31-13-4-6-17-32(31)43-33/h1-23H. The van der Waals surface area contributed by atoms with E-state index in [4.69, 9.17) is 14.4 Å². The minimum Gasteiger partial charge on any atom is -0.456 e. The number of aromatic nitrogens is 3. The maximum Gasteiger partial charge on any atom is 0.164 e. The Morgan fingerprint density at radius 3 is 2.11 bits per heavy atom. The molecule has 44 heavy (non-hydrogen) atoms. The van der Waals surface area contributed by atoms with Crippen LogP contribution < -0.4 is 0 Å². The van der Waals surface area contributed by atoms with Crippen LogP contribution in [0, 0.1) is 0 Å². The third kappa shape index (κ3) is 3.94. The first-order valence-corrected chi connectivity index (χ1v) is 15.3. The molecule has 4 nitrogen and oxygen atoms in total. The van der Waals surface area contributed by atoms with Crippen LogP contribution in [0.25, 0.3) is 87.1 Å². The van der Waals surface area contributed by atoms with Crippen LogP contribution in [-0.2, 0) is 0 Å². The number of furan rings is 1. The van der Waals surface area contributed by atoms with Crippen molar-refractivity contribution in [1.29, 1.82) is 0 Å². The Balaban J connectivity index is 1.34. The quantitative estimate of drug-likeness (QED) is 0.207. The summed E-state index contributed by atoms with van der Waals surface area (Å²) < 4.78 is 8.83. The first-order chi connectivity index (χ1) is 21.8. The summed E-state index contributed by atoms with van der Waals surface area (Å²) in [5.41, 5.74) is 7.94. The molecule has 0 N–H and O–H groups in total. The fraction of sp³-hybridized carbons (Fsp3) is 0. The predicted octanol–water partition coefficient (Wildman–Crippen LogP) is 10.8. The number of thiophene rings is 1. The van der Waals surface area contributed by atoms with Crippen LogP contribution in [0.1, 0.15) is 0 Å². The highest BCUT2D eigenvalue weighted by atomic mass is 32.1. The average molecular weight is 582 g/mol. The van der Waals surface area contributed by atoms with E-state index in [0.717, 1.165) is 55.3 Å². The van der Waals surface area contributed by atoms with Gasteiger partial charge in [-0.05, 0) is 46.5 Å². The van der Waals surface area contributed by atoms with Crippen molar-refractivity contribution >= 4 is 53.4 Å². The first kappa shape index (κ1) is 24.9. The normalized spacial score (nSPS) is 11.6. The second-order valence-corrected chi connectivity index (χ2v) is 11.9. The van der Waals surface area contributed by atoms with E-state index in [9.17, 15) is 0 Å². The zero-order chi connectivity index (χ0) is 29.0. The SMILES string of the molecule is c1ccc(-c2ncnc(-c3c(-c4ccc5c(c4)sc4ccccc45)cccc3-c3cccc4oc5ccccc5c34)n2)cc1. The summed E-state index contributed by atoms with van der Waals surface area (Å²) in [6.07, 6.45) is 1.62. The van der Waals surface area contributed by atoms with Crippen LogP contribution >= 0.6 is 11.3 Å². The lowest BCUT2D eigenvalue weighted by atomic mass is 9.89. The molecule has 0 unspecified atom stereocenters. The van der Waals surface area contributed by atoms with Crippen LogP contribution in [0.5, 0.6) is 0 Å². The maximum absolute atomic E-state index is 6.29. The van der Waals surface area contributed by atoms with Gasteiger partial charge in [-0.3, -0.25) is 0 Å². The van der Waals surface area contributed by atoms with Crippen LogP contribution in [0.15, 0.2) is 144 Å². The molecular formula is C39H23N3OS. The van der Waals surface area contributed by atoms with Gasteiger partial charge in [0, 0.05) is 42.1 Å². The van der Waals surface area contributed by atoms with Gasteiger partial charge in [-0.1, -0.05) is 109 Å². The molecule has 206 valence electrons. The third-order valence-corrected chi connectivity index (χ3v) is 9.41. The van der Waals surface area contributed by atoms with Gasteiger partial charge in [0.05, 0.1) is 0 Å². The Hall–Kier alpha value is -5.65. The largest absolute Gasteiger partial charge is 0.456 e. The average Bonchev–Trinajstić information content (AvgIpc) is 3.66. The van der Waals surface area contributed by atoms with Gasteiger partial charge in [0.2, 0.25) is 0 Å². The van der Waals surface area contributed by atoms with Gasteiger partial charge in [0.15, 0.2) is 11.6 Å². The second-order valence-electron chi connectivity index (χ2n) is 10.8. The lowest BCUT2D eigenvalue weighted by molar-refractivity contribution is 0.669. The molecule has 3 heterocycles. The zero-order valence-electron chi connectivity index (χ0n) is 23.4. The molecule has 5 heteroatoms. The molecule has 0 aliphatic rings. The summed E-state index contributed by atoms with van der Waals surface area (Å²) in [6.45, 7) is 0. The molecule has 0 aliphatic carbocycles. The van der Waals surface area contributed by atoms with Crippen LogP contribution in [0.4, 0.5) is 0 Å². The van der Waals surface area contributed by atoms with E-state index in [2.05, 4.69) is 89.9 Å². The van der Waals surface area contributed by atoms with E-state index < -0.39 is 0 Å². The van der Waals surface area contributed by atoms with Crippen molar-refractivity contribution in [3.8, 4) is 45.0 Å². The number of hydrogen-bond acceptors (Lipinski definition) is 5. The van der Waals surface area contributed by atoms with Gasteiger partial charge in [0.25, 0.3) is 0 Å². The van der Waals surface area contributed by atoms with Crippen molar-refractivity contribution in [1.82, 2.24) is 15.0 Å². The van der Waals surface area contributed by atoms with Gasteiger partial charge in [-0.25, -0.2) is 15.0 Å². The number of rotatable bonds is 4. The van der Waals surface area contributed by atoms with Crippen LogP contribution in [0.3, 0.4) is 0 Å². The van der Waals surface area contributed by atoms with Gasteiger partial charge in [-0.15, -0.1) is 11.3 Å². The first-order valence-electron chi connectivity index (χ1n) is 14.5. The summed E-state index contributed by atoms with van der Waals surface area (Å²) in [4.78, 5) is 14.4. The molecule has 9 rings (SSSR count). The molecule has 0 fully saturated rings. The van der Waals surface area contributed by atoms with Crippen molar-refractivity contribution in [2.75, 3.05) is 0 Å². The third-order valence-electron chi connectivity index (χ3n) is 8.27. The highest BCUT2D eigenvalue weighted by molar-refractivity contribution is 7.25. The lowest BCUT2D eigenvalue weighted by Crippen LogP contribution is -1.99. The highest BCUT2D eigenvalue weighted by Gasteiger charge is 2.21. The fourth-order valence-electron chi connectivity index (χ4n) is 6.29. The molecule has 0 amide bonds. The van der Waals surface area contributed by atoms with E-state index in [1.54, 1.807) is 6.33 Å². The molecule has 3 aromatic heterocycles. The Morgan fingerprint density at radius 1 is 0.477 bits per heavy atom. The maximum atomic E-state index is 6.29. The minimum atomic E-state index is 0.630. The van der Waals surface area contributed by atoms with E-state index in [1.807, 2.05) is 59.9 Å². The zero-order valence-corrected chi connectivity index (χ0v) is 24.3. The summed E-state index contributed by atoms with van der Waals surface area (Å²) in [6, 6.07) is 46.4. The molecular weight excluding hydrogens is 559 g/mol. The summed E-state index contributed by atoms with van der Waals surface area (Å²) >= 11 is 1.82. The lowest BCUT2D eigenvalue weighted by Gasteiger charge is -2.16. The molecule has 0 aliphatic heterocycles. The molecule has 0 spiro atoms.